The van der Waals surface area contributed by atoms with E-state index in [0.29, 0.717) is 17.2 Å². The molecule has 0 radical (unpaired) electrons. The maximum atomic E-state index is 8.67. The third-order valence-electron chi connectivity index (χ3n) is 2.76. The van der Waals surface area contributed by atoms with E-state index in [1.807, 2.05) is 26.0 Å². The standard InChI is InChI=1S/C14H16N4O2/c1-3-11-12(5-4-9(2)17-11)20-13-8-10(6-7-16-13)14(15)18-19/h4-8,19H,3H2,1-2H3,(H2,15,18). The molecule has 20 heavy (non-hydrogen) atoms. The molecule has 104 valence electrons. The molecule has 0 bridgehead atoms. The van der Waals surface area contributed by atoms with Crippen LogP contribution in [0.4, 0.5) is 0 Å². The molecule has 6 heteroatoms. The monoisotopic (exact) mass is 272 g/mol. The second-order valence-electron chi connectivity index (χ2n) is 4.22. The Kier molecular flexibility index (Phi) is 4.14. The highest BCUT2D eigenvalue weighted by Gasteiger charge is 2.08. The van der Waals surface area contributed by atoms with Crippen LogP contribution in [0.5, 0.6) is 11.6 Å². The van der Waals surface area contributed by atoms with Crippen molar-refractivity contribution in [1.82, 2.24) is 9.97 Å². The van der Waals surface area contributed by atoms with Gasteiger partial charge in [-0.05, 0) is 31.5 Å². The number of rotatable bonds is 4. The Morgan fingerprint density at radius 2 is 2.20 bits per heavy atom. The molecule has 0 spiro atoms. The number of oxime groups is 1. The lowest BCUT2D eigenvalue weighted by Gasteiger charge is -2.10. The van der Waals surface area contributed by atoms with Crippen molar-refractivity contribution in [3.8, 4) is 11.6 Å². The van der Waals surface area contributed by atoms with Crippen LogP contribution in [-0.4, -0.2) is 21.0 Å². The van der Waals surface area contributed by atoms with Gasteiger partial charge in [-0.15, -0.1) is 0 Å². The number of ether oxygens (including phenoxy) is 1. The fraction of sp³-hybridized carbons (Fsp3) is 0.214. The molecule has 0 aliphatic rings. The second-order valence-corrected chi connectivity index (χ2v) is 4.22. The highest BCUT2D eigenvalue weighted by atomic mass is 16.5. The Bertz CT molecular complexity index is 641. The normalized spacial score (nSPS) is 11.4. The fourth-order valence-corrected chi connectivity index (χ4v) is 1.74. The van der Waals surface area contributed by atoms with Crippen LogP contribution in [0.2, 0.25) is 0 Å². The van der Waals surface area contributed by atoms with E-state index in [0.717, 1.165) is 17.8 Å². The Morgan fingerprint density at radius 3 is 2.90 bits per heavy atom. The average molecular weight is 272 g/mol. The van der Waals surface area contributed by atoms with Crippen molar-refractivity contribution in [1.29, 1.82) is 0 Å². The first-order valence-corrected chi connectivity index (χ1v) is 6.22. The highest BCUT2D eigenvalue weighted by Crippen LogP contribution is 2.24. The van der Waals surface area contributed by atoms with E-state index in [2.05, 4.69) is 15.1 Å². The molecule has 0 saturated carbocycles. The van der Waals surface area contributed by atoms with Gasteiger partial charge in [0.15, 0.2) is 11.6 Å². The van der Waals surface area contributed by atoms with Crippen LogP contribution in [0.3, 0.4) is 0 Å². The Hall–Kier alpha value is -2.63. The number of pyridine rings is 2. The van der Waals surface area contributed by atoms with Gasteiger partial charge in [-0.3, -0.25) is 4.98 Å². The summed E-state index contributed by atoms with van der Waals surface area (Å²) in [7, 11) is 0. The molecule has 3 N–H and O–H groups in total. The third kappa shape index (κ3) is 3.03. The van der Waals surface area contributed by atoms with Crippen LogP contribution in [-0.2, 0) is 6.42 Å². The zero-order valence-electron chi connectivity index (χ0n) is 11.4. The summed E-state index contributed by atoms with van der Waals surface area (Å²) in [5.74, 6) is 1.03. The molecule has 2 heterocycles. The molecule has 0 saturated heterocycles. The molecule has 0 unspecified atom stereocenters. The molecule has 0 atom stereocenters. The second kappa shape index (κ2) is 6.01. The lowest BCUT2D eigenvalue weighted by Crippen LogP contribution is -2.13. The van der Waals surface area contributed by atoms with Gasteiger partial charge < -0.3 is 15.7 Å². The first-order chi connectivity index (χ1) is 9.63. The maximum absolute atomic E-state index is 8.67. The van der Waals surface area contributed by atoms with Gasteiger partial charge in [-0.2, -0.15) is 0 Å². The molecule has 0 amide bonds. The van der Waals surface area contributed by atoms with Gasteiger partial charge in [0.25, 0.3) is 0 Å². The number of hydrogen-bond donors (Lipinski definition) is 2. The van der Waals surface area contributed by atoms with Crippen molar-refractivity contribution in [3.63, 3.8) is 0 Å². The molecule has 2 rings (SSSR count). The first-order valence-electron chi connectivity index (χ1n) is 6.22. The van der Waals surface area contributed by atoms with Crippen molar-refractivity contribution in [2.45, 2.75) is 20.3 Å². The molecule has 0 aliphatic heterocycles. The van der Waals surface area contributed by atoms with Crippen molar-refractivity contribution in [2.24, 2.45) is 10.9 Å². The summed E-state index contributed by atoms with van der Waals surface area (Å²) in [6.07, 6.45) is 2.30. The van der Waals surface area contributed by atoms with E-state index < -0.39 is 0 Å². The van der Waals surface area contributed by atoms with Crippen LogP contribution in [0.1, 0.15) is 23.9 Å². The first kappa shape index (κ1) is 13.8. The Labute approximate surface area is 116 Å². The summed E-state index contributed by atoms with van der Waals surface area (Å²) in [5, 5.41) is 11.6. The van der Waals surface area contributed by atoms with E-state index in [1.54, 1.807) is 12.1 Å². The maximum Gasteiger partial charge on any atom is 0.220 e. The van der Waals surface area contributed by atoms with Crippen LogP contribution in [0.25, 0.3) is 0 Å². The topological polar surface area (TPSA) is 93.6 Å². The van der Waals surface area contributed by atoms with Crippen LogP contribution in [0.15, 0.2) is 35.6 Å². The minimum atomic E-state index is 0.00926. The van der Waals surface area contributed by atoms with Crippen molar-refractivity contribution in [2.75, 3.05) is 0 Å². The fourth-order valence-electron chi connectivity index (χ4n) is 1.74. The van der Waals surface area contributed by atoms with E-state index in [9.17, 15) is 0 Å². The SMILES string of the molecule is CCc1nc(C)ccc1Oc1cc(/C(N)=N/O)ccn1. The van der Waals surface area contributed by atoms with E-state index in [-0.39, 0.29) is 5.84 Å². The Morgan fingerprint density at radius 1 is 1.40 bits per heavy atom. The summed E-state index contributed by atoms with van der Waals surface area (Å²) in [6.45, 7) is 3.94. The molecule has 0 aliphatic carbocycles. The highest BCUT2D eigenvalue weighted by molar-refractivity contribution is 5.97. The third-order valence-corrected chi connectivity index (χ3v) is 2.76. The van der Waals surface area contributed by atoms with Crippen molar-refractivity contribution in [3.05, 3.63) is 47.4 Å². The summed E-state index contributed by atoms with van der Waals surface area (Å²) in [6, 6.07) is 6.98. The number of aryl methyl sites for hydroxylation is 2. The van der Waals surface area contributed by atoms with E-state index >= 15 is 0 Å². The molecular formula is C14H16N4O2. The van der Waals surface area contributed by atoms with E-state index in [4.69, 9.17) is 15.7 Å². The molecule has 0 fully saturated rings. The number of amidine groups is 1. The van der Waals surface area contributed by atoms with Crippen LogP contribution >= 0.6 is 0 Å². The molecular weight excluding hydrogens is 256 g/mol. The average Bonchev–Trinajstić information content (AvgIpc) is 2.48. The number of nitrogens with two attached hydrogens (primary N) is 1. The smallest absolute Gasteiger partial charge is 0.220 e. The lowest BCUT2D eigenvalue weighted by atomic mass is 10.2. The van der Waals surface area contributed by atoms with Gasteiger partial charge in [0.1, 0.15) is 0 Å². The van der Waals surface area contributed by atoms with Crippen molar-refractivity contribution < 1.29 is 9.94 Å². The predicted molar refractivity (Wildman–Crippen MR) is 75.2 cm³/mol. The summed E-state index contributed by atoms with van der Waals surface area (Å²) >= 11 is 0. The Balaban J connectivity index is 2.31. The van der Waals surface area contributed by atoms with Gasteiger partial charge in [0, 0.05) is 23.5 Å². The number of hydrogen-bond acceptors (Lipinski definition) is 5. The van der Waals surface area contributed by atoms with E-state index in [1.165, 1.54) is 6.20 Å². The van der Waals surface area contributed by atoms with Gasteiger partial charge in [0.05, 0.1) is 5.69 Å². The number of aromatic nitrogens is 2. The van der Waals surface area contributed by atoms with Crippen molar-refractivity contribution >= 4 is 5.84 Å². The molecule has 2 aromatic heterocycles. The number of nitrogens with zero attached hydrogens (tertiary/aromatic N) is 3. The van der Waals surface area contributed by atoms with Gasteiger partial charge >= 0.3 is 0 Å². The zero-order valence-corrected chi connectivity index (χ0v) is 11.4. The minimum Gasteiger partial charge on any atom is -0.437 e. The molecule has 0 aromatic carbocycles. The molecule has 2 aromatic rings. The summed E-state index contributed by atoms with van der Waals surface area (Å²) in [4.78, 5) is 8.53. The summed E-state index contributed by atoms with van der Waals surface area (Å²) < 4.78 is 5.72. The quantitative estimate of drug-likeness (QED) is 0.385. The van der Waals surface area contributed by atoms with Gasteiger partial charge in [-0.25, -0.2) is 4.98 Å². The van der Waals surface area contributed by atoms with Crippen LogP contribution in [0, 0.1) is 6.92 Å². The summed E-state index contributed by atoms with van der Waals surface area (Å²) in [5.41, 5.74) is 7.87. The predicted octanol–water partition coefficient (Wildman–Crippen LogP) is 2.23. The zero-order chi connectivity index (χ0) is 14.5. The lowest BCUT2D eigenvalue weighted by molar-refractivity contribution is 0.318. The van der Waals surface area contributed by atoms with Crippen LogP contribution < -0.4 is 10.5 Å². The van der Waals surface area contributed by atoms with Gasteiger partial charge in [0.2, 0.25) is 5.88 Å². The minimum absolute atomic E-state index is 0.00926. The largest absolute Gasteiger partial charge is 0.437 e. The molecule has 6 nitrogen and oxygen atoms in total. The van der Waals surface area contributed by atoms with Gasteiger partial charge in [-0.1, -0.05) is 12.1 Å².